The predicted molar refractivity (Wildman–Crippen MR) is 49.9 cm³/mol. The molecule has 68 valence electrons. The molecule has 4 nitrogen and oxygen atoms in total. The third-order valence-electron chi connectivity index (χ3n) is 1.83. The lowest BCUT2D eigenvalue weighted by atomic mass is 10.2. The molecule has 1 N–H and O–H groups in total. The summed E-state index contributed by atoms with van der Waals surface area (Å²) in [6.45, 7) is 0. The van der Waals surface area contributed by atoms with Crippen LogP contribution in [0.3, 0.4) is 0 Å². The molecule has 0 aliphatic rings. The topological polar surface area (TPSA) is 61.8 Å². The smallest absolute Gasteiger partial charge is 0.153 e. The van der Waals surface area contributed by atoms with Gasteiger partial charge in [0.05, 0.1) is 29.7 Å². The first-order valence-corrected chi connectivity index (χ1v) is 4.04. The van der Waals surface area contributed by atoms with Crippen molar-refractivity contribution in [3.63, 3.8) is 0 Å². The number of aromatic nitrogens is 2. The highest BCUT2D eigenvalue weighted by molar-refractivity contribution is 5.39. The Morgan fingerprint density at radius 1 is 1.29 bits per heavy atom. The first-order chi connectivity index (χ1) is 6.79. The molecule has 0 aliphatic carbocycles. The van der Waals surface area contributed by atoms with Crippen molar-refractivity contribution in [3.8, 4) is 17.5 Å². The van der Waals surface area contributed by atoms with E-state index in [0.29, 0.717) is 5.56 Å². The van der Waals surface area contributed by atoms with E-state index in [1.165, 1.54) is 17.1 Å². The van der Waals surface area contributed by atoms with Gasteiger partial charge in [-0.1, -0.05) is 0 Å². The van der Waals surface area contributed by atoms with E-state index in [0.717, 1.165) is 5.69 Å². The third-order valence-corrected chi connectivity index (χ3v) is 1.83. The van der Waals surface area contributed by atoms with Crippen molar-refractivity contribution >= 4 is 0 Å². The van der Waals surface area contributed by atoms with Crippen LogP contribution in [0.1, 0.15) is 5.56 Å². The van der Waals surface area contributed by atoms with E-state index in [1.54, 1.807) is 24.3 Å². The number of nitriles is 1. The van der Waals surface area contributed by atoms with Gasteiger partial charge in [0.15, 0.2) is 5.75 Å². The Hall–Kier alpha value is -2.28. The van der Waals surface area contributed by atoms with Gasteiger partial charge in [-0.15, -0.1) is 0 Å². The Balaban J connectivity index is 2.39. The minimum absolute atomic E-state index is 0.120. The highest BCUT2D eigenvalue weighted by Gasteiger charge is 1.98. The largest absolute Gasteiger partial charge is 0.505 e. The molecule has 0 fully saturated rings. The van der Waals surface area contributed by atoms with Crippen molar-refractivity contribution in [3.05, 3.63) is 42.2 Å². The van der Waals surface area contributed by atoms with Gasteiger partial charge in [0.25, 0.3) is 0 Å². The lowest BCUT2D eigenvalue weighted by molar-refractivity contribution is 0.475. The molecule has 2 aromatic rings. The number of aromatic hydroxyl groups is 1. The molecule has 1 aromatic heterocycles. The summed E-state index contributed by atoms with van der Waals surface area (Å²) in [4.78, 5) is 0. The summed E-state index contributed by atoms with van der Waals surface area (Å²) in [6.07, 6.45) is 2.86. The van der Waals surface area contributed by atoms with Crippen LogP contribution in [0.25, 0.3) is 5.69 Å². The lowest BCUT2D eigenvalue weighted by Crippen LogP contribution is -1.93. The summed E-state index contributed by atoms with van der Waals surface area (Å²) in [5, 5.41) is 21.6. The van der Waals surface area contributed by atoms with Crippen molar-refractivity contribution in [2.75, 3.05) is 0 Å². The Kier molecular flexibility index (Phi) is 1.92. The summed E-state index contributed by atoms with van der Waals surface area (Å²) < 4.78 is 1.54. The second-order valence-corrected chi connectivity index (χ2v) is 2.80. The van der Waals surface area contributed by atoms with Gasteiger partial charge in [0.2, 0.25) is 0 Å². The average Bonchev–Trinajstić information content (AvgIpc) is 2.65. The Bertz CT molecular complexity index is 479. The van der Waals surface area contributed by atoms with Gasteiger partial charge in [-0.25, -0.2) is 4.68 Å². The van der Waals surface area contributed by atoms with Crippen molar-refractivity contribution in [1.29, 1.82) is 5.26 Å². The van der Waals surface area contributed by atoms with Crippen LogP contribution in [0, 0.1) is 11.3 Å². The molecule has 1 aromatic carbocycles. The van der Waals surface area contributed by atoms with E-state index in [2.05, 4.69) is 5.10 Å². The van der Waals surface area contributed by atoms with Crippen LogP contribution in [0.4, 0.5) is 0 Å². The van der Waals surface area contributed by atoms with Crippen molar-refractivity contribution < 1.29 is 5.11 Å². The van der Waals surface area contributed by atoms with Crippen molar-refractivity contribution in [2.24, 2.45) is 0 Å². The summed E-state index contributed by atoms with van der Waals surface area (Å²) in [5.74, 6) is 0.120. The van der Waals surface area contributed by atoms with Gasteiger partial charge in [-0.3, -0.25) is 0 Å². The summed E-state index contributed by atoms with van der Waals surface area (Å²) in [7, 11) is 0. The first-order valence-electron chi connectivity index (χ1n) is 4.04. The molecule has 0 radical (unpaired) electrons. The molecule has 0 amide bonds. The normalized spacial score (nSPS) is 9.64. The maximum absolute atomic E-state index is 9.08. The molecule has 4 heteroatoms. The second kappa shape index (κ2) is 3.23. The highest BCUT2D eigenvalue weighted by atomic mass is 16.3. The van der Waals surface area contributed by atoms with Crippen LogP contribution in [0.15, 0.2) is 36.7 Å². The van der Waals surface area contributed by atoms with Gasteiger partial charge in [0.1, 0.15) is 0 Å². The van der Waals surface area contributed by atoms with E-state index in [-0.39, 0.29) is 5.75 Å². The summed E-state index contributed by atoms with van der Waals surface area (Å²) in [6, 6.07) is 8.97. The van der Waals surface area contributed by atoms with Gasteiger partial charge in [0, 0.05) is 0 Å². The van der Waals surface area contributed by atoms with E-state index in [9.17, 15) is 0 Å². The molecule has 0 aliphatic heterocycles. The highest BCUT2D eigenvalue weighted by Crippen LogP contribution is 2.12. The lowest BCUT2D eigenvalue weighted by Gasteiger charge is -1.99. The molecule has 0 spiro atoms. The zero-order valence-electron chi connectivity index (χ0n) is 7.25. The summed E-state index contributed by atoms with van der Waals surface area (Å²) in [5.41, 5.74) is 1.41. The number of rotatable bonds is 1. The molecule has 0 saturated carbocycles. The second-order valence-electron chi connectivity index (χ2n) is 2.80. The Morgan fingerprint density at radius 2 is 2.00 bits per heavy atom. The molecule has 2 rings (SSSR count). The van der Waals surface area contributed by atoms with Crippen LogP contribution in [0.5, 0.6) is 5.75 Å². The molecule has 0 unspecified atom stereocenters. The molecule has 0 bridgehead atoms. The molecule has 14 heavy (non-hydrogen) atoms. The van der Waals surface area contributed by atoms with E-state index < -0.39 is 0 Å². The molecule has 0 atom stereocenters. The summed E-state index contributed by atoms with van der Waals surface area (Å²) >= 11 is 0. The third kappa shape index (κ3) is 1.43. The molecule has 0 saturated heterocycles. The van der Waals surface area contributed by atoms with Crippen LogP contribution >= 0.6 is 0 Å². The van der Waals surface area contributed by atoms with E-state index in [1.807, 2.05) is 6.07 Å². The van der Waals surface area contributed by atoms with Gasteiger partial charge in [-0.05, 0) is 24.3 Å². The fraction of sp³-hybridized carbons (Fsp3) is 0. The number of hydrogen-bond donors (Lipinski definition) is 1. The Labute approximate surface area is 80.6 Å². The number of hydrogen-bond acceptors (Lipinski definition) is 3. The van der Waals surface area contributed by atoms with Crippen LogP contribution in [0.2, 0.25) is 0 Å². The Morgan fingerprint density at radius 3 is 2.50 bits per heavy atom. The van der Waals surface area contributed by atoms with E-state index >= 15 is 0 Å². The van der Waals surface area contributed by atoms with E-state index in [4.69, 9.17) is 10.4 Å². The maximum Gasteiger partial charge on any atom is 0.153 e. The minimum atomic E-state index is 0.120. The van der Waals surface area contributed by atoms with Crippen molar-refractivity contribution in [2.45, 2.75) is 0 Å². The van der Waals surface area contributed by atoms with Gasteiger partial charge < -0.3 is 5.11 Å². The average molecular weight is 185 g/mol. The van der Waals surface area contributed by atoms with Crippen LogP contribution < -0.4 is 0 Å². The van der Waals surface area contributed by atoms with Gasteiger partial charge >= 0.3 is 0 Å². The first kappa shape index (κ1) is 8.32. The van der Waals surface area contributed by atoms with Crippen LogP contribution in [-0.2, 0) is 0 Å². The fourth-order valence-corrected chi connectivity index (χ4v) is 1.14. The fourth-order valence-electron chi connectivity index (χ4n) is 1.14. The zero-order valence-corrected chi connectivity index (χ0v) is 7.25. The minimum Gasteiger partial charge on any atom is -0.505 e. The zero-order chi connectivity index (χ0) is 9.97. The molecule has 1 heterocycles. The predicted octanol–water partition coefficient (Wildman–Crippen LogP) is 1.45. The standard InChI is InChI=1S/C10H7N3O/c11-5-8-1-3-9(4-2-8)13-7-10(14)6-12-13/h1-4,6-7,14H. The molecular formula is C10H7N3O. The molecular weight excluding hydrogens is 178 g/mol. The van der Waals surface area contributed by atoms with Crippen LogP contribution in [-0.4, -0.2) is 14.9 Å². The number of benzene rings is 1. The maximum atomic E-state index is 9.08. The monoisotopic (exact) mass is 185 g/mol. The SMILES string of the molecule is N#Cc1ccc(-n2cc(O)cn2)cc1. The van der Waals surface area contributed by atoms with Gasteiger partial charge in [-0.2, -0.15) is 10.4 Å². The van der Waals surface area contributed by atoms with Crippen molar-refractivity contribution in [1.82, 2.24) is 9.78 Å². The number of nitrogens with zero attached hydrogens (tertiary/aromatic N) is 3. The quantitative estimate of drug-likeness (QED) is 0.731.